The molecule has 1 aliphatic rings. The van der Waals surface area contributed by atoms with E-state index in [0.29, 0.717) is 25.7 Å². The molecule has 3 atom stereocenters. The van der Waals surface area contributed by atoms with Gasteiger partial charge in [-0.3, -0.25) is 19.4 Å². The van der Waals surface area contributed by atoms with Crippen LogP contribution in [0.1, 0.15) is 38.8 Å². The minimum Gasteiger partial charge on any atom is -0.449 e. The van der Waals surface area contributed by atoms with Crippen LogP contribution >= 0.6 is 0 Å². The van der Waals surface area contributed by atoms with Gasteiger partial charge >= 0.3 is 6.09 Å². The van der Waals surface area contributed by atoms with Gasteiger partial charge in [0, 0.05) is 31.3 Å². The summed E-state index contributed by atoms with van der Waals surface area (Å²) in [6, 6.07) is -1.74. The maximum Gasteiger partial charge on any atom is 0.407 e. The maximum atomic E-state index is 12.7. The van der Waals surface area contributed by atoms with Gasteiger partial charge < -0.3 is 30.5 Å². The van der Waals surface area contributed by atoms with Crippen molar-refractivity contribution in [3.05, 3.63) is 28.4 Å². The average molecular weight is 435 g/mol. The van der Waals surface area contributed by atoms with E-state index in [1.165, 1.54) is 12.4 Å². The summed E-state index contributed by atoms with van der Waals surface area (Å²) >= 11 is 0. The zero-order valence-electron chi connectivity index (χ0n) is 17.7. The predicted molar refractivity (Wildman–Crippen MR) is 110 cm³/mol. The molecule has 3 amide bonds. The summed E-state index contributed by atoms with van der Waals surface area (Å²) in [4.78, 5) is 65.9. The fraction of sp³-hybridized carbons (Fsp3) is 0.600. The van der Waals surface area contributed by atoms with E-state index in [1.54, 1.807) is 0 Å². The minimum atomic E-state index is -0.911. The van der Waals surface area contributed by atoms with Crippen molar-refractivity contribution in [3.8, 4) is 0 Å². The minimum absolute atomic E-state index is 0.0819. The number of nitrogens with zero attached hydrogens (tertiary/aromatic N) is 1. The molecule has 0 unspecified atom stereocenters. The van der Waals surface area contributed by atoms with Crippen molar-refractivity contribution < 1.29 is 23.9 Å². The quantitative estimate of drug-likeness (QED) is 0.346. The Kier molecular flexibility index (Phi) is 9.16. The van der Waals surface area contributed by atoms with Crippen LogP contribution < -0.4 is 21.5 Å². The van der Waals surface area contributed by atoms with Crippen molar-refractivity contribution in [1.29, 1.82) is 0 Å². The molecule has 31 heavy (non-hydrogen) atoms. The summed E-state index contributed by atoms with van der Waals surface area (Å²) in [7, 11) is 0. The van der Waals surface area contributed by atoms with E-state index in [4.69, 9.17) is 4.74 Å². The lowest BCUT2D eigenvalue weighted by Crippen LogP contribution is -2.51. The lowest BCUT2D eigenvalue weighted by Gasteiger charge is -2.22. The summed E-state index contributed by atoms with van der Waals surface area (Å²) in [5.74, 6) is -0.902. The molecule has 1 aromatic heterocycles. The summed E-state index contributed by atoms with van der Waals surface area (Å²) in [6.07, 6.45) is 3.89. The highest BCUT2D eigenvalue weighted by Crippen LogP contribution is 2.16. The molecule has 0 bridgehead atoms. The fourth-order valence-electron chi connectivity index (χ4n) is 3.30. The molecule has 0 radical (unpaired) electrons. The highest BCUT2D eigenvalue weighted by Gasteiger charge is 2.30. The van der Waals surface area contributed by atoms with Crippen LogP contribution in [0, 0.1) is 11.8 Å². The van der Waals surface area contributed by atoms with Crippen LogP contribution in [-0.4, -0.2) is 59.4 Å². The first-order valence-electron chi connectivity index (χ1n) is 10.3. The Labute approximate surface area is 179 Å². The Morgan fingerprint density at radius 2 is 2.10 bits per heavy atom. The van der Waals surface area contributed by atoms with Crippen LogP contribution in [0.2, 0.25) is 0 Å². The van der Waals surface area contributed by atoms with Gasteiger partial charge in [0.2, 0.25) is 11.8 Å². The van der Waals surface area contributed by atoms with Crippen molar-refractivity contribution in [2.45, 2.75) is 51.6 Å². The van der Waals surface area contributed by atoms with Crippen molar-refractivity contribution in [3.63, 3.8) is 0 Å². The van der Waals surface area contributed by atoms with E-state index in [-0.39, 0.29) is 48.4 Å². The number of H-pyrrole nitrogens is 1. The van der Waals surface area contributed by atoms with Crippen molar-refractivity contribution in [1.82, 2.24) is 25.9 Å². The second kappa shape index (κ2) is 11.8. The van der Waals surface area contributed by atoms with Crippen LogP contribution in [0.15, 0.2) is 17.2 Å². The summed E-state index contributed by atoms with van der Waals surface area (Å²) < 4.78 is 5.07. The third kappa shape index (κ3) is 7.83. The molecule has 1 aliphatic heterocycles. The van der Waals surface area contributed by atoms with Crippen LogP contribution in [0.5, 0.6) is 0 Å². The molecule has 0 saturated carbocycles. The van der Waals surface area contributed by atoms with Gasteiger partial charge in [-0.2, -0.15) is 0 Å². The van der Waals surface area contributed by atoms with Crippen molar-refractivity contribution in [2.75, 3.05) is 13.2 Å². The van der Waals surface area contributed by atoms with Crippen molar-refractivity contribution in [2.24, 2.45) is 11.8 Å². The van der Waals surface area contributed by atoms with Crippen molar-refractivity contribution >= 4 is 24.2 Å². The van der Waals surface area contributed by atoms with E-state index < -0.39 is 24.1 Å². The number of aldehydes is 1. The summed E-state index contributed by atoms with van der Waals surface area (Å²) in [5.41, 5.74) is -0.129. The normalized spacial score (nSPS) is 17.5. The van der Waals surface area contributed by atoms with Gasteiger partial charge in [0.15, 0.2) is 0 Å². The molecule has 2 rings (SSSR count). The van der Waals surface area contributed by atoms with E-state index in [1.807, 2.05) is 13.8 Å². The molecular formula is C20H29N5O6. The highest BCUT2D eigenvalue weighted by atomic mass is 16.5. The summed E-state index contributed by atoms with van der Waals surface area (Å²) in [5, 5.41) is 7.80. The largest absolute Gasteiger partial charge is 0.449 e. The lowest BCUT2D eigenvalue weighted by atomic mass is 9.98. The Balaban J connectivity index is 1.88. The van der Waals surface area contributed by atoms with Gasteiger partial charge in [0.25, 0.3) is 5.56 Å². The second-order valence-corrected chi connectivity index (χ2v) is 7.84. The smallest absolute Gasteiger partial charge is 0.407 e. The van der Waals surface area contributed by atoms with Crippen LogP contribution in [0.3, 0.4) is 0 Å². The Hall–Kier alpha value is -3.24. The van der Waals surface area contributed by atoms with Crippen LogP contribution in [-0.2, 0) is 25.5 Å². The van der Waals surface area contributed by atoms with Gasteiger partial charge in [-0.05, 0) is 25.2 Å². The number of carbonyl (C=O) groups excluding carboxylic acids is 4. The number of ether oxygens (including phenoxy) is 1. The number of aromatic amines is 1. The van der Waals surface area contributed by atoms with Gasteiger partial charge in [0.1, 0.15) is 18.0 Å². The fourth-order valence-corrected chi connectivity index (χ4v) is 3.30. The zero-order chi connectivity index (χ0) is 22.8. The number of hydrogen-bond acceptors (Lipinski definition) is 7. The lowest BCUT2D eigenvalue weighted by molar-refractivity contribution is -0.127. The van der Waals surface area contributed by atoms with E-state index >= 15 is 0 Å². The topological polar surface area (TPSA) is 159 Å². The van der Waals surface area contributed by atoms with E-state index in [0.717, 1.165) is 0 Å². The molecule has 2 heterocycles. The van der Waals surface area contributed by atoms with Gasteiger partial charge in [-0.25, -0.2) is 4.79 Å². The van der Waals surface area contributed by atoms with Crippen LogP contribution in [0.25, 0.3) is 0 Å². The van der Waals surface area contributed by atoms with Gasteiger partial charge in [0.05, 0.1) is 12.6 Å². The maximum absolute atomic E-state index is 12.7. The number of hydrogen-bond donors (Lipinski definition) is 4. The van der Waals surface area contributed by atoms with E-state index in [9.17, 15) is 24.0 Å². The highest BCUT2D eigenvalue weighted by molar-refractivity contribution is 5.88. The second-order valence-electron chi connectivity index (χ2n) is 7.84. The number of amides is 3. The molecule has 0 spiro atoms. The molecular weight excluding hydrogens is 406 g/mol. The number of carbonyl (C=O) groups is 4. The number of rotatable bonds is 11. The van der Waals surface area contributed by atoms with Gasteiger partial charge in [-0.15, -0.1) is 0 Å². The zero-order valence-corrected chi connectivity index (χ0v) is 17.7. The Morgan fingerprint density at radius 1 is 1.32 bits per heavy atom. The van der Waals surface area contributed by atoms with Gasteiger partial charge in [-0.1, -0.05) is 13.8 Å². The first kappa shape index (κ1) is 24.0. The number of aromatic nitrogens is 2. The predicted octanol–water partition coefficient (Wildman–Crippen LogP) is -0.337. The van der Waals surface area contributed by atoms with E-state index in [2.05, 4.69) is 25.9 Å². The molecule has 1 fully saturated rings. The first-order valence-corrected chi connectivity index (χ1v) is 10.3. The molecule has 4 N–H and O–H groups in total. The number of nitrogens with one attached hydrogen (secondary N) is 4. The molecule has 170 valence electrons. The Morgan fingerprint density at radius 3 is 2.71 bits per heavy atom. The average Bonchev–Trinajstić information content (AvgIpc) is 3.12. The SMILES string of the molecule is CC(C)C[C@H](NC(=O)OCCc1ncc[nH]c1=O)C(=O)N[C@H](C=O)C[C@@H]1CCNC1=O. The number of alkyl carbamates (subject to hydrolysis) is 1. The first-order chi connectivity index (χ1) is 14.8. The molecule has 11 heteroatoms. The molecule has 0 aliphatic carbocycles. The Bertz CT molecular complexity index is 839. The molecule has 1 saturated heterocycles. The standard InChI is InChI=1S/C20H29N5O6/c1-12(2)9-16(19(29)24-14(11-26)10-13-3-5-22-17(13)27)25-20(30)31-8-4-15-18(28)23-7-6-21-15/h6-7,11-14,16H,3-5,8-10H2,1-2H3,(H,22,27)(H,23,28)(H,24,29)(H,25,30)/t13-,14-,16-/m0/s1. The molecule has 0 aromatic carbocycles. The summed E-state index contributed by atoms with van der Waals surface area (Å²) in [6.45, 7) is 4.24. The third-order valence-corrected chi connectivity index (χ3v) is 4.86. The van der Waals surface area contributed by atoms with Crippen LogP contribution in [0.4, 0.5) is 4.79 Å². The molecule has 1 aromatic rings. The monoisotopic (exact) mass is 435 g/mol. The third-order valence-electron chi connectivity index (χ3n) is 4.86. The molecule has 11 nitrogen and oxygen atoms in total.